The number of methoxy groups -OCH3 is 1. The van der Waals surface area contributed by atoms with E-state index in [2.05, 4.69) is 33.1 Å². The Labute approximate surface area is 92.5 Å². The molecule has 0 aromatic rings. The van der Waals surface area contributed by atoms with Gasteiger partial charge in [-0.05, 0) is 34.1 Å². The molecule has 0 radical (unpaired) electrons. The molecule has 4 nitrogen and oxygen atoms in total. The molecule has 0 aliphatic carbocycles. The monoisotopic (exact) mass is 216 g/mol. The molecule has 0 aromatic heterocycles. The summed E-state index contributed by atoms with van der Waals surface area (Å²) < 4.78 is 11.2. The Morgan fingerprint density at radius 3 is 2.40 bits per heavy atom. The molecule has 4 heteroatoms. The van der Waals surface area contributed by atoms with E-state index in [-0.39, 0.29) is 17.2 Å². The van der Waals surface area contributed by atoms with Gasteiger partial charge in [0.05, 0.1) is 23.9 Å². The van der Waals surface area contributed by atoms with Gasteiger partial charge in [0.2, 0.25) is 0 Å². The average molecular weight is 216 g/mol. The highest BCUT2D eigenvalue weighted by Gasteiger charge is 2.48. The van der Waals surface area contributed by atoms with Crippen LogP contribution in [0.1, 0.15) is 34.1 Å². The Hall–Kier alpha value is -0.160. The third kappa shape index (κ3) is 2.91. The van der Waals surface area contributed by atoms with Crippen molar-refractivity contribution in [3.05, 3.63) is 0 Å². The van der Waals surface area contributed by atoms with Crippen LogP contribution in [0.3, 0.4) is 0 Å². The number of hydrogen-bond acceptors (Lipinski definition) is 4. The molecule has 0 spiro atoms. The molecule has 1 heterocycles. The summed E-state index contributed by atoms with van der Waals surface area (Å²) in [5.41, 5.74) is 2.61. The van der Waals surface area contributed by atoms with E-state index >= 15 is 0 Å². The van der Waals surface area contributed by atoms with Gasteiger partial charge in [0.25, 0.3) is 0 Å². The first-order valence-corrected chi connectivity index (χ1v) is 5.47. The van der Waals surface area contributed by atoms with Gasteiger partial charge >= 0.3 is 0 Å². The lowest BCUT2D eigenvalue weighted by atomic mass is 9.82. The summed E-state index contributed by atoms with van der Waals surface area (Å²) >= 11 is 0. The minimum atomic E-state index is -0.154. The van der Waals surface area contributed by atoms with Crippen LogP contribution in [0.25, 0.3) is 0 Å². The lowest BCUT2D eigenvalue weighted by Gasteiger charge is -2.32. The minimum absolute atomic E-state index is 0.0724. The molecule has 1 fully saturated rings. The summed E-state index contributed by atoms with van der Waals surface area (Å²) in [7, 11) is 1.69. The fourth-order valence-electron chi connectivity index (χ4n) is 2.69. The fraction of sp³-hybridized carbons (Fsp3) is 1.00. The van der Waals surface area contributed by atoms with Crippen LogP contribution in [-0.2, 0) is 9.47 Å². The predicted octanol–water partition coefficient (Wildman–Crippen LogP) is 1.06. The molecular weight excluding hydrogens is 192 g/mol. The molecule has 1 aliphatic heterocycles. The maximum atomic E-state index is 6.03. The molecule has 1 aliphatic rings. The van der Waals surface area contributed by atoms with Gasteiger partial charge in [-0.25, -0.2) is 0 Å². The summed E-state index contributed by atoms with van der Waals surface area (Å²) in [5.74, 6) is 5.94. The van der Waals surface area contributed by atoms with Crippen molar-refractivity contribution in [1.29, 1.82) is 0 Å². The van der Waals surface area contributed by atoms with Crippen molar-refractivity contribution < 1.29 is 9.47 Å². The van der Waals surface area contributed by atoms with E-state index in [0.29, 0.717) is 12.5 Å². The Bertz CT molecular complexity index is 217. The minimum Gasteiger partial charge on any atom is -0.383 e. The van der Waals surface area contributed by atoms with E-state index in [9.17, 15) is 0 Å². The van der Waals surface area contributed by atoms with Crippen LogP contribution in [0.2, 0.25) is 0 Å². The lowest BCUT2D eigenvalue weighted by Crippen LogP contribution is -2.49. The molecule has 1 rings (SSSR count). The fourth-order valence-corrected chi connectivity index (χ4v) is 2.69. The molecule has 0 amide bonds. The number of nitrogens with one attached hydrogen (secondary N) is 1. The van der Waals surface area contributed by atoms with Gasteiger partial charge in [0, 0.05) is 13.0 Å². The van der Waals surface area contributed by atoms with Crippen molar-refractivity contribution in [3.8, 4) is 0 Å². The third-order valence-corrected chi connectivity index (χ3v) is 3.19. The average Bonchev–Trinajstić information content (AvgIpc) is 2.30. The van der Waals surface area contributed by atoms with E-state index in [1.54, 1.807) is 7.11 Å². The Balaban J connectivity index is 2.75. The summed E-state index contributed by atoms with van der Waals surface area (Å²) in [6.45, 7) is 9.09. The smallest absolute Gasteiger partial charge is 0.0679 e. The molecule has 0 bridgehead atoms. The topological polar surface area (TPSA) is 56.5 Å². The summed E-state index contributed by atoms with van der Waals surface area (Å²) in [4.78, 5) is 0. The molecule has 0 saturated carbocycles. The van der Waals surface area contributed by atoms with E-state index in [0.717, 1.165) is 6.42 Å². The SMILES string of the molecule is COCC(NN)C1CC(C)(C)OC1(C)C. The van der Waals surface area contributed by atoms with E-state index in [1.165, 1.54) is 0 Å². The number of hydrazine groups is 1. The second kappa shape index (κ2) is 4.37. The Kier molecular flexibility index (Phi) is 3.76. The van der Waals surface area contributed by atoms with Crippen LogP contribution in [0.4, 0.5) is 0 Å². The Morgan fingerprint density at radius 2 is 2.07 bits per heavy atom. The van der Waals surface area contributed by atoms with Gasteiger partial charge < -0.3 is 9.47 Å². The van der Waals surface area contributed by atoms with Crippen molar-refractivity contribution in [1.82, 2.24) is 5.43 Å². The first-order valence-electron chi connectivity index (χ1n) is 5.47. The number of ether oxygens (including phenoxy) is 2. The normalized spacial score (nSPS) is 30.4. The van der Waals surface area contributed by atoms with Gasteiger partial charge in [0.1, 0.15) is 0 Å². The zero-order valence-corrected chi connectivity index (χ0v) is 10.5. The highest BCUT2D eigenvalue weighted by molar-refractivity contribution is 4.98. The molecule has 2 atom stereocenters. The standard InChI is InChI=1S/C11H24N2O2/c1-10(2)6-8(11(3,4)15-10)9(13-12)7-14-5/h8-9,13H,6-7,12H2,1-5H3. The quantitative estimate of drug-likeness (QED) is 0.545. The number of nitrogens with two attached hydrogens (primary N) is 1. The van der Waals surface area contributed by atoms with Crippen molar-refractivity contribution in [2.75, 3.05) is 13.7 Å². The molecule has 0 aromatic carbocycles. The van der Waals surface area contributed by atoms with Crippen molar-refractivity contribution in [2.24, 2.45) is 11.8 Å². The first kappa shape index (κ1) is 12.9. The van der Waals surface area contributed by atoms with Gasteiger partial charge in [0.15, 0.2) is 0 Å². The molecule has 2 unspecified atom stereocenters. The summed E-state index contributed by atoms with van der Waals surface area (Å²) in [6.07, 6.45) is 0.998. The van der Waals surface area contributed by atoms with Crippen molar-refractivity contribution in [3.63, 3.8) is 0 Å². The van der Waals surface area contributed by atoms with E-state index < -0.39 is 0 Å². The lowest BCUT2D eigenvalue weighted by molar-refractivity contribution is -0.0798. The van der Waals surface area contributed by atoms with E-state index in [1.807, 2.05) is 0 Å². The highest BCUT2D eigenvalue weighted by atomic mass is 16.5. The predicted molar refractivity (Wildman–Crippen MR) is 60.3 cm³/mol. The number of hydrogen-bond donors (Lipinski definition) is 2. The zero-order chi connectivity index (χ0) is 11.7. The number of rotatable bonds is 4. The summed E-state index contributed by atoms with van der Waals surface area (Å²) in [5, 5.41) is 0. The maximum Gasteiger partial charge on any atom is 0.0679 e. The van der Waals surface area contributed by atoms with Crippen LogP contribution in [-0.4, -0.2) is 31.0 Å². The molecule has 15 heavy (non-hydrogen) atoms. The largest absolute Gasteiger partial charge is 0.383 e. The second-order valence-electron chi connectivity index (χ2n) is 5.50. The molecule has 1 saturated heterocycles. The molecular formula is C11H24N2O2. The first-order chi connectivity index (χ1) is 6.82. The summed E-state index contributed by atoms with van der Waals surface area (Å²) in [6, 6.07) is 0.145. The van der Waals surface area contributed by atoms with Gasteiger partial charge in [-0.1, -0.05) is 0 Å². The van der Waals surface area contributed by atoms with Gasteiger partial charge in [-0.15, -0.1) is 0 Å². The zero-order valence-electron chi connectivity index (χ0n) is 10.5. The molecule has 3 N–H and O–H groups in total. The van der Waals surface area contributed by atoms with Crippen molar-refractivity contribution in [2.45, 2.75) is 51.4 Å². The van der Waals surface area contributed by atoms with Crippen molar-refractivity contribution >= 4 is 0 Å². The van der Waals surface area contributed by atoms with E-state index in [4.69, 9.17) is 15.3 Å². The second-order valence-corrected chi connectivity index (χ2v) is 5.50. The molecule has 90 valence electrons. The highest BCUT2D eigenvalue weighted by Crippen LogP contribution is 2.43. The van der Waals surface area contributed by atoms with Crippen LogP contribution in [0, 0.1) is 5.92 Å². The van der Waals surface area contributed by atoms with Gasteiger partial charge in [-0.3, -0.25) is 11.3 Å². The third-order valence-electron chi connectivity index (χ3n) is 3.19. The maximum absolute atomic E-state index is 6.03. The van der Waals surface area contributed by atoms with Gasteiger partial charge in [-0.2, -0.15) is 0 Å². The Morgan fingerprint density at radius 1 is 1.47 bits per heavy atom. The van der Waals surface area contributed by atoms with Crippen LogP contribution < -0.4 is 11.3 Å². The van der Waals surface area contributed by atoms with Crippen LogP contribution in [0.15, 0.2) is 0 Å². The van der Waals surface area contributed by atoms with Crippen LogP contribution >= 0.6 is 0 Å². The van der Waals surface area contributed by atoms with Crippen LogP contribution in [0.5, 0.6) is 0 Å².